The van der Waals surface area contributed by atoms with Crippen LogP contribution in [0.5, 0.6) is 0 Å². The molecular formula is C14H19BrO2S. The van der Waals surface area contributed by atoms with E-state index >= 15 is 0 Å². The third kappa shape index (κ3) is 3.98. The summed E-state index contributed by atoms with van der Waals surface area (Å²) in [5.41, 5.74) is 1.41. The number of halogens is 1. The molecule has 0 bridgehead atoms. The van der Waals surface area contributed by atoms with Gasteiger partial charge in [-0.05, 0) is 36.3 Å². The molecule has 0 amide bonds. The Hall–Kier alpha value is -0.0300. The Balaban J connectivity index is 1.81. The lowest BCUT2D eigenvalue weighted by Crippen LogP contribution is -2.35. The van der Waals surface area contributed by atoms with Crippen LogP contribution >= 0.6 is 28.6 Å². The summed E-state index contributed by atoms with van der Waals surface area (Å²) in [6.45, 7) is 3.12. The summed E-state index contributed by atoms with van der Waals surface area (Å²) in [6.07, 6.45) is 2.10. The summed E-state index contributed by atoms with van der Waals surface area (Å²) in [5.74, 6) is 0.872. The van der Waals surface area contributed by atoms with Crippen molar-refractivity contribution in [3.63, 3.8) is 0 Å². The van der Waals surface area contributed by atoms with Gasteiger partial charge in [0.2, 0.25) is 0 Å². The summed E-state index contributed by atoms with van der Waals surface area (Å²) in [6, 6.07) is 8.26. The first-order valence-electron chi connectivity index (χ1n) is 6.25. The van der Waals surface area contributed by atoms with Gasteiger partial charge in [0.15, 0.2) is 0 Å². The van der Waals surface area contributed by atoms with Crippen LogP contribution in [0.1, 0.15) is 18.4 Å². The molecule has 4 heteroatoms. The minimum Gasteiger partial charge on any atom is -0.381 e. The van der Waals surface area contributed by atoms with Crippen LogP contribution in [0, 0.1) is 5.41 Å². The topological polar surface area (TPSA) is 18.5 Å². The Morgan fingerprint density at radius 2 is 1.89 bits per heavy atom. The van der Waals surface area contributed by atoms with E-state index in [4.69, 9.17) is 9.47 Å². The zero-order valence-electron chi connectivity index (χ0n) is 10.4. The van der Waals surface area contributed by atoms with Crippen molar-refractivity contribution < 1.29 is 9.47 Å². The van der Waals surface area contributed by atoms with E-state index in [2.05, 4.69) is 40.7 Å². The maximum absolute atomic E-state index is 5.87. The first-order valence-corrected chi connectivity index (χ1v) is 7.67. The molecule has 18 heavy (non-hydrogen) atoms. The van der Waals surface area contributed by atoms with Crippen molar-refractivity contribution in [2.24, 2.45) is 5.41 Å². The van der Waals surface area contributed by atoms with E-state index < -0.39 is 0 Å². The largest absolute Gasteiger partial charge is 0.381 e. The van der Waals surface area contributed by atoms with Crippen molar-refractivity contribution in [2.45, 2.75) is 19.4 Å². The fraction of sp³-hybridized carbons (Fsp3) is 0.571. The first kappa shape index (κ1) is 14.4. The van der Waals surface area contributed by atoms with E-state index in [1.54, 1.807) is 0 Å². The lowest BCUT2D eigenvalue weighted by Gasteiger charge is -2.35. The van der Waals surface area contributed by atoms with Gasteiger partial charge in [-0.3, -0.25) is 0 Å². The second kappa shape index (κ2) is 6.94. The van der Waals surface area contributed by atoms with Crippen LogP contribution in [0.15, 0.2) is 28.7 Å². The highest BCUT2D eigenvalue weighted by Gasteiger charge is 2.31. The standard InChI is InChI=1S/C14H19BrO2S/c15-13-3-1-12(2-4-13)9-17-10-14(11-18)5-7-16-8-6-14/h1-4,18H,5-11H2. The number of thiol groups is 1. The molecule has 0 saturated carbocycles. The van der Waals surface area contributed by atoms with Crippen molar-refractivity contribution in [1.29, 1.82) is 0 Å². The predicted molar refractivity (Wildman–Crippen MR) is 80.1 cm³/mol. The fourth-order valence-corrected chi connectivity index (χ4v) is 2.79. The van der Waals surface area contributed by atoms with Gasteiger partial charge in [-0.1, -0.05) is 28.1 Å². The second-order valence-electron chi connectivity index (χ2n) is 4.89. The number of rotatable bonds is 5. The Morgan fingerprint density at radius 3 is 2.50 bits per heavy atom. The van der Waals surface area contributed by atoms with Crippen molar-refractivity contribution in [3.8, 4) is 0 Å². The lowest BCUT2D eigenvalue weighted by molar-refractivity contribution is -0.0315. The summed E-state index contributed by atoms with van der Waals surface area (Å²) < 4.78 is 12.4. The van der Waals surface area contributed by atoms with E-state index in [1.807, 2.05) is 12.1 Å². The Morgan fingerprint density at radius 1 is 1.22 bits per heavy atom. The molecular weight excluding hydrogens is 312 g/mol. The fourth-order valence-electron chi connectivity index (χ4n) is 2.12. The molecule has 0 aliphatic carbocycles. The highest BCUT2D eigenvalue weighted by atomic mass is 79.9. The van der Waals surface area contributed by atoms with E-state index in [0.717, 1.165) is 42.9 Å². The van der Waals surface area contributed by atoms with Crippen molar-refractivity contribution >= 4 is 28.6 Å². The average Bonchev–Trinajstić information content (AvgIpc) is 2.42. The summed E-state index contributed by atoms with van der Waals surface area (Å²) in [4.78, 5) is 0. The molecule has 1 saturated heterocycles. The number of ether oxygens (including phenoxy) is 2. The van der Waals surface area contributed by atoms with Crippen LogP contribution in [-0.2, 0) is 16.1 Å². The minimum absolute atomic E-state index is 0.205. The zero-order valence-corrected chi connectivity index (χ0v) is 12.9. The van der Waals surface area contributed by atoms with Crippen molar-refractivity contribution in [3.05, 3.63) is 34.3 Å². The van der Waals surface area contributed by atoms with Gasteiger partial charge >= 0.3 is 0 Å². The summed E-state index contributed by atoms with van der Waals surface area (Å²) in [5, 5.41) is 0. The van der Waals surface area contributed by atoms with Gasteiger partial charge in [0, 0.05) is 23.1 Å². The monoisotopic (exact) mass is 330 g/mol. The molecule has 2 rings (SSSR count). The predicted octanol–water partition coefficient (Wildman–Crippen LogP) is 3.69. The molecule has 1 aliphatic rings. The lowest BCUT2D eigenvalue weighted by atomic mass is 9.83. The minimum atomic E-state index is 0.205. The molecule has 1 fully saturated rings. The molecule has 1 aromatic carbocycles. The third-order valence-corrected chi connectivity index (χ3v) is 4.68. The molecule has 1 aromatic rings. The van der Waals surface area contributed by atoms with Gasteiger partial charge in [0.25, 0.3) is 0 Å². The van der Waals surface area contributed by atoms with E-state index in [1.165, 1.54) is 5.56 Å². The van der Waals surface area contributed by atoms with Crippen LogP contribution in [-0.4, -0.2) is 25.6 Å². The molecule has 0 atom stereocenters. The number of hydrogen-bond donors (Lipinski definition) is 1. The molecule has 0 spiro atoms. The van der Waals surface area contributed by atoms with Gasteiger partial charge in [0.1, 0.15) is 0 Å². The normalized spacial score (nSPS) is 18.8. The number of hydrogen-bond acceptors (Lipinski definition) is 3. The molecule has 1 aliphatic heterocycles. The number of benzene rings is 1. The molecule has 0 N–H and O–H groups in total. The van der Waals surface area contributed by atoms with Gasteiger partial charge in [-0.25, -0.2) is 0 Å². The van der Waals surface area contributed by atoms with Crippen molar-refractivity contribution in [2.75, 3.05) is 25.6 Å². The summed E-state index contributed by atoms with van der Waals surface area (Å²) >= 11 is 7.91. The first-order chi connectivity index (χ1) is 8.74. The van der Waals surface area contributed by atoms with E-state index in [0.29, 0.717) is 6.61 Å². The van der Waals surface area contributed by atoms with E-state index in [9.17, 15) is 0 Å². The van der Waals surface area contributed by atoms with Crippen LogP contribution in [0.4, 0.5) is 0 Å². The van der Waals surface area contributed by atoms with Crippen LogP contribution in [0.25, 0.3) is 0 Å². The van der Waals surface area contributed by atoms with Gasteiger partial charge in [0.05, 0.1) is 13.2 Å². The van der Waals surface area contributed by atoms with Gasteiger partial charge < -0.3 is 9.47 Å². The smallest absolute Gasteiger partial charge is 0.0717 e. The van der Waals surface area contributed by atoms with Crippen LogP contribution in [0.3, 0.4) is 0 Å². The average molecular weight is 331 g/mol. The molecule has 0 aromatic heterocycles. The highest BCUT2D eigenvalue weighted by Crippen LogP contribution is 2.32. The maximum Gasteiger partial charge on any atom is 0.0717 e. The molecule has 0 radical (unpaired) electrons. The Kier molecular flexibility index (Phi) is 5.55. The maximum atomic E-state index is 5.87. The van der Waals surface area contributed by atoms with Crippen LogP contribution < -0.4 is 0 Å². The van der Waals surface area contributed by atoms with Gasteiger partial charge in [-0.15, -0.1) is 0 Å². The molecule has 2 nitrogen and oxygen atoms in total. The Bertz CT molecular complexity index is 361. The second-order valence-corrected chi connectivity index (χ2v) is 6.12. The molecule has 0 unspecified atom stereocenters. The van der Waals surface area contributed by atoms with Crippen molar-refractivity contribution in [1.82, 2.24) is 0 Å². The zero-order chi connectivity index (χ0) is 12.8. The highest BCUT2D eigenvalue weighted by molar-refractivity contribution is 9.10. The third-order valence-electron chi connectivity index (χ3n) is 3.48. The van der Waals surface area contributed by atoms with Gasteiger partial charge in [-0.2, -0.15) is 12.6 Å². The molecule has 1 heterocycles. The summed E-state index contributed by atoms with van der Waals surface area (Å²) in [7, 11) is 0. The van der Waals surface area contributed by atoms with Crippen LogP contribution in [0.2, 0.25) is 0 Å². The SMILES string of the molecule is SCC1(COCc2ccc(Br)cc2)CCOCC1. The quantitative estimate of drug-likeness (QED) is 0.830. The Labute approximate surface area is 123 Å². The molecule has 100 valence electrons. The van der Waals surface area contributed by atoms with E-state index in [-0.39, 0.29) is 5.41 Å².